The van der Waals surface area contributed by atoms with Crippen molar-refractivity contribution in [2.75, 3.05) is 0 Å². The second-order valence-electron chi connectivity index (χ2n) is 8.15. The van der Waals surface area contributed by atoms with Gasteiger partial charge >= 0.3 is 0 Å². The smallest absolute Gasteiger partial charge is 0.168 e. The zero-order valence-electron chi connectivity index (χ0n) is 15.6. The minimum atomic E-state index is -0.266. The van der Waals surface area contributed by atoms with E-state index < -0.39 is 0 Å². The number of hydrogen-bond acceptors (Lipinski definition) is 3. The van der Waals surface area contributed by atoms with Crippen molar-refractivity contribution in [3.05, 3.63) is 56.8 Å². The summed E-state index contributed by atoms with van der Waals surface area (Å²) in [5, 5.41) is 1.96. The summed E-state index contributed by atoms with van der Waals surface area (Å²) in [6.45, 7) is 4.36. The predicted molar refractivity (Wildman–Crippen MR) is 106 cm³/mol. The largest absolute Gasteiger partial charge is 0.299 e. The van der Waals surface area contributed by atoms with Crippen molar-refractivity contribution in [2.24, 2.45) is 11.8 Å². The summed E-state index contributed by atoms with van der Waals surface area (Å²) in [5.74, 6) is 1.49. The molecule has 2 nitrogen and oxygen atoms in total. The van der Waals surface area contributed by atoms with E-state index in [-0.39, 0.29) is 11.7 Å². The summed E-state index contributed by atoms with van der Waals surface area (Å²) < 4.78 is 0. The van der Waals surface area contributed by atoms with E-state index in [9.17, 15) is 9.59 Å². The molecule has 1 heterocycles. The summed E-state index contributed by atoms with van der Waals surface area (Å²) in [5.41, 5.74) is 3.84. The Hall–Kier alpha value is -1.74. The number of thiophene rings is 1. The fraction of sp³-hybridized carbons (Fsp3) is 0.478. The normalized spacial score (nSPS) is 25.3. The Morgan fingerprint density at radius 2 is 1.88 bits per heavy atom. The van der Waals surface area contributed by atoms with Gasteiger partial charge in [0.2, 0.25) is 0 Å². The predicted octanol–water partition coefficient (Wildman–Crippen LogP) is 5.71. The second kappa shape index (κ2) is 7.11. The molecule has 1 aromatic heterocycles. The van der Waals surface area contributed by atoms with Crippen molar-refractivity contribution in [2.45, 2.75) is 58.3 Å². The molecule has 2 aromatic rings. The number of Topliss-reactive ketones (excluding diaryl/α,β-unsaturated/α-hetero) is 2. The molecule has 0 bridgehead atoms. The Balaban J connectivity index is 1.72. The average molecular weight is 367 g/mol. The zero-order chi connectivity index (χ0) is 18.3. The molecule has 3 heteroatoms. The molecule has 1 unspecified atom stereocenters. The van der Waals surface area contributed by atoms with Gasteiger partial charge in [0.1, 0.15) is 5.78 Å². The van der Waals surface area contributed by atoms with Crippen LogP contribution < -0.4 is 0 Å². The molecular weight excluding hydrogens is 340 g/mol. The summed E-state index contributed by atoms with van der Waals surface area (Å²) in [7, 11) is 0. The third-order valence-electron chi connectivity index (χ3n) is 6.28. The molecule has 136 valence electrons. The van der Waals surface area contributed by atoms with Gasteiger partial charge in [-0.3, -0.25) is 9.59 Å². The van der Waals surface area contributed by atoms with Crippen LogP contribution in [0.15, 0.2) is 29.6 Å². The Kier molecular flexibility index (Phi) is 4.83. The topological polar surface area (TPSA) is 34.1 Å². The van der Waals surface area contributed by atoms with Crippen LogP contribution in [0.4, 0.5) is 0 Å². The molecule has 2 aliphatic carbocycles. The van der Waals surface area contributed by atoms with Crippen LogP contribution in [0.25, 0.3) is 0 Å². The number of aryl methyl sites for hydroxylation is 1. The highest BCUT2D eigenvalue weighted by atomic mass is 32.1. The molecule has 0 radical (unpaired) electrons. The van der Waals surface area contributed by atoms with Gasteiger partial charge in [0.25, 0.3) is 0 Å². The Morgan fingerprint density at radius 1 is 1.15 bits per heavy atom. The quantitative estimate of drug-likeness (QED) is 0.697. The van der Waals surface area contributed by atoms with E-state index in [1.165, 1.54) is 12.8 Å². The number of carbonyl (C=O) groups excluding carboxylic acids is 2. The van der Waals surface area contributed by atoms with Crippen LogP contribution in [0.3, 0.4) is 0 Å². The molecular formula is C23H26O2S. The first-order valence-electron chi connectivity index (χ1n) is 9.76. The standard InChI is InChI=1S/C23H26O2S/c1-14-7-9-16(10-8-14)11-21(25)23-18-6-4-3-5-17(18)12-20(24)19-13-26-15(2)22(19)23/h3-6,13-14,16,23H,7-12H2,1-2H3. The lowest BCUT2D eigenvalue weighted by atomic mass is 9.77. The van der Waals surface area contributed by atoms with E-state index in [0.717, 1.165) is 45.9 Å². The zero-order valence-corrected chi connectivity index (χ0v) is 16.4. The van der Waals surface area contributed by atoms with Gasteiger partial charge in [-0.2, -0.15) is 0 Å². The van der Waals surface area contributed by atoms with Gasteiger partial charge in [-0.15, -0.1) is 11.3 Å². The first-order valence-corrected chi connectivity index (χ1v) is 10.6. The summed E-state index contributed by atoms with van der Waals surface area (Å²) in [4.78, 5) is 27.4. The fourth-order valence-corrected chi connectivity index (χ4v) is 5.62. The molecule has 4 rings (SSSR count). The molecule has 2 aliphatic rings. The minimum Gasteiger partial charge on any atom is -0.299 e. The lowest BCUT2D eigenvalue weighted by molar-refractivity contribution is -0.120. The molecule has 0 N–H and O–H groups in total. The first-order chi connectivity index (χ1) is 12.5. The summed E-state index contributed by atoms with van der Waals surface area (Å²) in [6.07, 6.45) is 5.85. The van der Waals surface area contributed by atoms with Gasteiger partial charge in [0.05, 0.1) is 5.92 Å². The SMILES string of the molecule is Cc1scc2c1C(C(=O)CC1CCC(C)CC1)c1ccccc1CC2=O. The van der Waals surface area contributed by atoms with E-state index in [1.807, 2.05) is 30.5 Å². The highest BCUT2D eigenvalue weighted by Crippen LogP contribution is 2.41. The summed E-state index contributed by atoms with van der Waals surface area (Å²) in [6, 6.07) is 8.04. The second-order valence-corrected chi connectivity index (χ2v) is 9.23. The van der Waals surface area contributed by atoms with Crippen molar-refractivity contribution in [1.29, 1.82) is 0 Å². The lowest BCUT2D eigenvalue weighted by Gasteiger charge is -2.27. The van der Waals surface area contributed by atoms with Gasteiger partial charge in [-0.25, -0.2) is 0 Å². The molecule has 0 saturated heterocycles. The maximum atomic E-state index is 13.5. The number of benzene rings is 1. The van der Waals surface area contributed by atoms with Crippen LogP contribution in [0, 0.1) is 18.8 Å². The number of rotatable bonds is 3. The van der Waals surface area contributed by atoms with Crippen molar-refractivity contribution in [3.63, 3.8) is 0 Å². The van der Waals surface area contributed by atoms with E-state index >= 15 is 0 Å². The maximum Gasteiger partial charge on any atom is 0.168 e. The molecule has 1 fully saturated rings. The van der Waals surface area contributed by atoms with Crippen molar-refractivity contribution < 1.29 is 9.59 Å². The van der Waals surface area contributed by atoms with E-state index in [0.29, 0.717) is 24.5 Å². The monoisotopic (exact) mass is 366 g/mol. The fourth-order valence-electron chi connectivity index (χ4n) is 4.71. The molecule has 0 spiro atoms. The van der Waals surface area contributed by atoms with E-state index in [1.54, 1.807) is 11.3 Å². The van der Waals surface area contributed by atoms with Gasteiger partial charge in [-0.1, -0.05) is 44.0 Å². The third-order valence-corrected chi connectivity index (χ3v) is 7.20. The van der Waals surface area contributed by atoms with Gasteiger partial charge < -0.3 is 0 Å². The molecule has 1 atom stereocenters. The Morgan fingerprint density at radius 3 is 2.65 bits per heavy atom. The van der Waals surface area contributed by atoms with Crippen LogP contribution in [0.1, 0.15) is 76.9 Å². The Labute approximate surface area is 159 Å². The van der Waals surface area contributed by atoms with Crippen molar-refractivity contribution in [1.82, 2.24) is 0 Å². The summed E-state index contributed by atoms with van der Waals surface area (Å²) >= 11 is 1.60. The molecule has 0 aliphatic heterocycles. The van der Waals surface area contributed by atoms with Gasteiger partial charge in [0, 0.05) is 28.7 Å². The van der Waals surface area contributed by atoms with Crippen LogP contribution in [-0.4, -0.2) is 11.6 Å². The number of fused-ring (bicyclic) bond motifs is 2. The molecule has 1 aromatic carbocycles. The van der Waals surface area contributed by atoms with E-state index in [4.69, 9.17) is 0 Å². The van der Waals surface area contributed by atoms with Crippen LogP contribution in [0.2, 0.25) is 0 Å². The number of ketones is 2. The van der Waals surface area contributed by atoms with Crippen LogP contribution in [0.5, 0.6) is 0 Å². The van der Waals surface area contributed by atoms with Crippen molar-refractivity contribution in [3.8, 4) is 0 Å². The highest BCUT2D eigenvalue weighted by Gasteiger charge is 2.35. The van der Waals surface area contributed by atoms with Crippen LogP contribution >= 0.6 is 11.3 Å². The Bertz CT molecular complexity index is 840. The average Bonchev–Trinajstić information content (AvgIpc) is 2.94. The first kappa shape index (κ1) is 17.7. The maximum absolute atomic E-state index is 13.5. The molecule has 0 amide bonds. The van der Waals surface area contributed by atoms with Gasteiger partial charge in [0.15, 0.2) is 5.78 Å². The molecule has 26 heavy (non-hydrogen) atoms. The number of hydrogen-bond donors (Lipinski definition) is 0. The third kappa shape index (κ3) is 3.18. The van der Waals surface area contributed by atoms with Gasteiger partial charge in [-0.05, 0) is 48.3 Å². The highest BCUT2D eigenvalue weighted by molar-refractivity contribution is 7.10. The lowest BCUT2D eigenvalue weighted by Crippen LogP contribution is -2.21. The minimum absolute atomic E-state index is 0.151. The van der Waals surface area contributed by atoms with Crippen LogP contribution in [-0.2, 0) is 11.2 Å². The van der Waals surface area contributed by atoms with E-state index in [2.05, 4.69) is 13.0 Å². The molecule has 1 saturated carbocycles. The number of carbonyl (C=O) groups is 2. The van der Waals surface area contributed by atoms with Crippen molar-refractivity contribution >= 4 is 22.9 Å².